The second-order valence-corrected chi connectivity index (χ2v) is 9.35. The van der Waals surface area contributed by atoms with E-state index in [1.54, 1.807) is 18.5 Å². The van der Waals surface area contributed by atoms with Crippen LogP contribution in [0.1, 0.15) is 12.0 Å². The van der Waals surface area contributed by atoms with E-state index in [1.165, 1.54) is 12.1 Å². The molecule has 0 saturated carbocycles. The third kappa shape index (κ3) is 4.24. The summed E-state index contributed by atoms with van der Waals surface area (Å²) in [5, 5.41) is 13.7. The number of nitrogens with zero attached hydrogens (tertiary/aromatic N) is 4. The molecule has 37 heavy (non-hydrogen) atoms. The highest BCUT2D eigenvalue weighted by molar-refractivity contribution is 6.02. The van der Waals surface area contributed by atoms with E-state index in [-0.39, 0.29) is 12.1 Å². The number of nitriles is 1. The van der Waals surface area contributed by atoms with Crippen LogP contribution in [0.15, 0.2) is 54.9 Å². The van der Waals surface area contributed by atoms with Gasteiger partial charge >= 0.3 is 0 Å². The molecule has 1 unspecified atom stereocenters. The fourth-order valence-electron chi connectivity index (χ4n) is 5.36. The topological polar surface area (TPSA) is 100 Å². The maximum Gasteiger partial charge on any atom is 0.126 e. The van der Waals surface area contributed by atoms with Gasteiger partial charge in [-0.2, -0.15) is 5.26 Å². The predicted octanol–water partition coefficient (Wildman–Crippen LogP) is 4.26. The zero-order chi connectivity index (χ0) is 25.5. The first-order chi connectivity index (χ1) is 18.0. The summed E-state index contributed by atoms with van der Waals surface area (Å²) in [7, 11) is 0. The largest absolute Gasteiger partial charge is 0.396 e. The molecule has 2 aliphatic rings. The minimum absolute atomic E-state index is 0.00406. The standard InChI is InChI=1S/C28H24F2N6O/c29-19-9-18(10-20(30)12-19)22-14-35-23-2-1-16(27-26(32)17(13-31)3-5-34-27)11-21(23)28(22)36-7-4-24-25(15-36)37-8-6-33-24/h1-3,5,9-12,14,24-25,33H,4,6-8,15,32H2/t24?,25-/m1/s1. The number of aromatic nitrogens is 2. The van der Waals surface area contributed by atoms with E-state index < -0.39 is 11.6 Å². The second-order valence-electron chi connectivity index (χ2n) is 9.35. The summed E-state index contributed by atoms with van der Waals surface area (Å²) in [6.07, 6.45) is 4.08. The molecule has 9 heteroatoms. The van der Waals surface area contributed by atoms with Crippen LogP contribution in [0.2, 0.25) is 0 Å². The number of rotatable bonds is 3. The summed E-state index contributed by atoms with van der Waals surface area (Å²) in [5.74, 6) is -1.31. The van der Waals surface area contributed by atoms with E-state index in [4.69, 9.17) is 10.5 Å². The molecule has 0 bridgehead atoms. The first-order valence-electron chi connectivity index (χ1n) is 12.2. The lowest BCUT2D eigenvalue weighted by atomic mass is 9.95. The summed E-state index contributed by atoms with van der Waals surface area (Å²) in [6, 6.07) is 13.1. The number of piperidine rings is 1. The van der Waals surface area contributed by atoms with E-state index in [9.17, 15) is 14.0 Å². The van der Waals surface area contributed by atoms with Crippen molar-refractivity contribution in [1.29, 1.82) is 5.26 Å². The number of hydrogen-bond acceptors (Lipinski definition) is 7. The molecule has 4 aromatic rings. The minimum Gasteiger partial charge on any atom is -0.396 e. The number of nitrogens with two attached hydrogens (primary N) is 1. The summed E-state index contributed by atoms with van der Waals surface area (Å²) >= 11 is 0. The smallest absolute Gasteiger partial charge is 0.126 e. The van der Waals surface area contributed by atoms with Gasteiger partial charge in [0.05, 0.1) is 40.9 Å². The summed E-state index contributed by atoms with van der Waals surface area (Å²) in [4.78, 5) is 11.3. The van der Waals surface area contributed by atoms with E-state index in [0.717, 1.165) is 47.7 Å². The quantitative estimate of drug-likeness (QED) is 0.435. The lowest BCUT2D eigenvalue weighted by molar-refractivity contribution is -0.00896. The molecule has 2 aliphatic heterocycles. The third-order valence-corrected chi connectivity index (χ3v) is 7.11. The molecular weight excluding hydrogens is 474 g/mol. The van der Waals surface area contributed by atoms with Crippen LogP contribution in [0.25, 0.3) is 33.3 Å². The van der Waals surface area contributed by atoms with Gasteiger partial charge in [-0.15, -0.1) is 0 Å². The van der Waals surface area contributed by atoms with Crippen molar-refractivity contribution >= 4 is 22.3 Å². The molecule has 6 rings (SSSR count). The van der Waals surface area contributed by atoms with Gasteiger partial charge in [-0.3, -0.25) is 9.97 Å². The van der Waals surface area contributed by atoms with Gasteiger partial charge < -0.3 is 20.7 Å². The number of fused-ring (bicyclic) bond motifs is 2. The molecular formula is C28H24F2N6O. The van der Waals surface area contributed by atoms with E-state index in [2.05, 4.69) is 26.3 Å². The Morgan fingerprint density at radius 3 is 2.73 bits per heavy atom. The average molecular weight is 499 g/mol. The molecule has 3 N–H and O–H groups in total. The number of nitrogen functional groups attached to an aromatic ring is 1. The zero-order valence-electron chi connectivity index (χ0n) is 19.9. The fourth-order valence-corrected chi connectivity index (χ4v) is 5.36. The maximum absolute atomic E-state index is 14.3. The molecule has 7 nitrogen and oxygen atoms in total. The van der Waals surface area contributed by atoms with E-state index >= 15 is 0 Å². The Kier molecular flexibility index (Phi) is 5.91. The summed E-state index contributed by atoms with van der Waals surface area (Å²) in [6.45, 7) is 2.82. The molecule has 0 radical (unpaired) electrons. The molecule has 2 saturated heterocycles. The van der Waals surface area contributed by atoms with Crippen molar-refractivity contribution in [1.82, 2.24) is 15.3 Å². The third-order valence-electron chi connectivity index (χ3n) is 7.11. The maximum atomic E-state index is 14.3. The van der Waals surface area contributed by atoms with Crippen LogP contribution >= 0.6 is 0 Å². The SMILES string of the molecule is N#Cc1ccnc(-c2ccc3ncc(-c4cc(F)cc(F)c4)c(N4CCC5NCCO[C@@H]5C4)c3c2)c1N. The van der Waals surface area contributed by atoms with Crippen molar-refractivity contribution in [3.05, 3.63) is 72.1 Å². The van der Waals surface area contributed by atoms with Crippen molar-refractivity contribution in [2.45, 2.75) is 18.6 Å². The Hall–Kier alpha value is -4.13. The van der Waals surface area contributed by atoms with Crippen molar-refractivity contribution in [2.75, 3.05) is 36.9 Å². The van der Waals surface area contributed by atoms with Crippen molar-refractivity contribution in [2.24, 2.45) is 0 Å². The summed E-state index contributed by atoms with van der Waals surface area (Å²) < 4.78 is 34.6. The Morgan fingerprint density at radius 1 is 1.08 bits per heavy atom. The summed E-state index contributed by atoms with van der Waals surface area (Å²) in [5.41, 5.74) is 10.7. The Labute approximate surface area is 212 Å². The van der Waals surface area contributed by atoms with Gasteiger partial charge in [0.25, 0.3) is 0 Å². The van der Waals surface area contributed by atoms with Crippen molar-refractivity contribution in [3.8, 4) is 28.5 Å². The van der Waals surface area contributed by atoms with E-state index in [0.29, 0.717) is 41.2 Å². The number of hydrogen-bond donors (Lipinski definition) is 2. The van der Waals surface area contributed by atoms with Crippen molar-refractivity contribution in [3.63, 3.8) is 0 Å². The van der Waals surface area contributed by atoms with Crippen LogP contribution < -0.4 is 16.0 Å². The lowest BCUT2D eigenvalue weighted by Gasteiger charge is -2.43. The molecule has 186 valence electrons. The molecule has 0 spiro atoms. The van der Waals surface area contributed by atoms with Gasteiger partial charge in [0.1, 0.15) is 17.7 Å². The highest BCUT2D eigenvalue weighted by atomic mass is 19.1. The highest BCUT2D eigenvalue weighted by Gasteiger charge is 2.33. The van der Waals surface area contributed by atoms with Crippen LogP contribution in [0, 0.1) is 23.0 Å². The molecule has 2 aromatic carbocycles. The average Bonchev–Trinajstić information content (AvgIpc) is 2.91. The first kappa shape index (κ1) is 23.3. The lowest BCUT2D eigenvalue weighted by Crippen LogP contribution is -2.57. The molecule has 0 amide bonds. The number of pyridine rings is 2. The zero-order valence-corrected chi connectivity index (χ0v) is 19.9. The van der Waals surface area contributed by atoms with Gasteiger partial charge in [0.15, 0.2) is 0 Å². The number of ether oxygens (including phenoxy) is 1. The first-order valence-corrected chi connectivity index (χ1v) is 12.2. The van der Waals surface area contributed by atoms with Crippen LogP contribution in [-0.4, -0.2) is 48.4 Å². The molecule has 2 atom stereocenters. The van der Waals surface area contributed by atoms with Gasteiger partial charge in [0.2, 0.25) is 0 Å². The van der Waals surface area contributed by atoms with Crippen LogP contribution in [0.3, 0.4) is 0 Å². The Balaban J connectivity index is 1.56. The number of anilines is 2. The molecule has 4 heterocycles. The monoisotopic (exact) mass is 498 g/mol. The predicted molar refractivity (Wildman–Crippen MR) is 138 cm³/mol. The Bertz CT molecular complexity index is 1530. The molecule has 2 fully saturated rings. The van der Waals surface area contributed by atoms with Gasteiger partial charge in [0, 0.05) is 60.6 Å². The number of halogens is 2. The second kappa shape index (κ2) is 9.39. The molecule has 0 aliphatic carbocycles. The fraction of sp³-hybridized carbons (Fsp3) is 0.250. The van der Waals surface area contributed by atoms with Crippen LogP contribution in [0.4, 0.5) is 20.2 Å². The van der Waals surface area contributed by atoms with E-state index in [1.807, 2.05) is 18.2 Å². The van der Waals surface area contributed by atoms with Crippen molar-refractivity contribution < 1.29 is 13.5 Å². The minimum atomic E-state index is -0.654. The molecule has 2 aromatic heterocycles. The Morgan fingerprint density at radius 2 is 1.92 bits per heavy atom. The number of nitrogens with one attached hydrogen (secondary N) is 1. The number of morpholine rings is 1. The van der Waals surface area contributed by atoms with Gasteiger partial charge in [-0.25, -0.2) is 8.78 Å². The normalized spacial score (nSPS) is 19.4. The number of benzene rings is 2. The van der Waals surface area contributed by atoms with Crippen LogP contribution in [-0.2, 0) is 4.74 Å². The highest BCUT2D eigenvalue weighted by Crippen LogP contribution is 2.40. The van der Waals surface area contributed by atoms with Gasteiger partial charge in [-0.1, -0.05) is 6.07 Å². The van der Waals surface area contributed by atoms with Crippen LogP contribution in [0.5, 0.6) is 0 Å². The van der Waals surface area contributed by atoms with Gasteiger partial charge in [-0.05, 0) is 42.3 Å².